The Bertz CT molecular complexity index is 497. The second kappa shape index (κ2) is 5.85. The first-order valence-electron chi connectivity index (χ1n) is 5.97. The molecule has 1 heterocycles. The van der Waals surface area contributed by atoms with Gasteiger partial charge < -0.3 is 9.88 Å². The van der Waals surface area contributed by atoms with Crippen LogP contribution in [0.1, 0.15) is 26.3 Å². The summed E-state index contributed by atoms with van der Waals surface area (Å²) in [6, 6.07) is 1.83. The second-order valence-electron chi connectivity index (χ2n) is 5.63. The van der Waals surface area contributed by atoms with Crippen molar-refractivity contribution in [3.05, 3.63) is 44.8 Å². The first-order valence-corrected chi connectivity index (χ1v) is 6.76. The molecule has 1 rings (SSSR count). The molecule has 0 spiro atoms. The highest BCUT2D eigenvalue weighted by Gasteiger charge is 2.09. The van der Waals surface area contributed by atoms with E-state index >= 15 is 0 Å². The number of halogens is 1. The van der Waals surface area contributed by atoms with Crippen molar-refractivity contribution in [1.82, 2.24) is 9.88 Å². The summed E-state index contributed by atoms with van der Waals surface area (Å²) < 4.78 is 2.60. The fraction of sp³-hybridized carbons (Fsp3) is 0.500. The van der Waals surface area contributed by atoms with E-state index in [1.807, 2.05) is 13.0 Å². The highest BCUT2D eigenvalue weighted by atomic mass is 79.9. The molecule has 0 unspecified atom stereocenters. The fourth-order valence-corrected chi connectivity index (χ4v) is 2.13. The molecule has 0 saturated heterocycles. The van der Waals surface area contributed by atoms with Crippen LogP contribution in [0, 0.1) is 6.92 Å². The number of nitrogens with zero attached hydrogens (tertiary/aromatic N) is 1. The fourth-order valence-electron chi connectivity index (χ4n) is 1.54. The molecular formula is C14H21BrN2O. The van der Waals surface area contributed by atoms with Crippen molar-refractivity contribution < 1.29 is 0 Å². The van der Waals surface area contributed by atoms with Crippen molar-refractivity contribution in [2.45, 2.75) is 39.8 Å². The van der Waals surface area contributed by atoms with Crippen molar-refractivity contribution in [3.8, 4) is 0 Å². The molecule has 0 aromatic carbocycles. The number of hydrogen-bond donors (Lipinski definition) is 1. The summed E-state index contributed by atoms with van der Waals surface area (Å²) in [5, 5.41) is 3.36. The van der Waals surface area contributed by atoms with Crippen molar-refractivity contribution >= 4 is 15.9 Å². The molecule has 1 N–H and O–H groups in total. The minimum absolute atomic E-state index is 0.0371. The lowest BCUT2D eigenvalue weighted by molar-refractivity contribution is 0.440. The normalized spacial score (nSPS) is 11.6. The second-order valence-corrected chi connectivity index (χ2v) is 6.54. The van der Waals surface area contributed by atoms with E-state index in [1.54, 1.807) is 10.8 Å². The molecule has 3 nitrogen and oxygen atoms in total. The van der Waals surface area contributed by atoms with E-state index in [9.17, 15) is 4.79 Å². The van der Waals surface area contributed by atoms with Gasteiger partial charge in [-0.15, -0.1) is 0 Å². The average Bonchev–Trinajstić information content (AvgIpc) is 2.21. The Morgan fingerprint density at radius 3 is 2.67 bits per heavy atom. The number of aryl methyl sites for hydroxylation is 1. The summed E-state index contributed by atoms with van der Waals surface area (Å²) in [4.78, 5) is 11.9. The van der Waals surface area contributed by atoms with Crippen LogP contribution in [0.15, 0.2) is 33.7 Å². The minimum atomic E-state index is 0.0371. The lowest BCUT2D eigenvalue weighted by Crippen LogP contribution is -2.37. The SMILES string of the molecule is C=C(CNC(C)(C)C)Cn1cc(Br)cc(C)c1=O. The molecule has 0 amide bonds. The lowest BCUT2D eigenvalue weighted by Gasteiger charge is -2.21. The van der Waals surface area contributed by atoms with Crippen LogP contribution in [0.5, 0.6) is 0 Å². The van der Waals surface area contributed by atoms with Crippen LogP contribution in [0.2, 0.25) is 0 Å². The molecule has 0 aliphatic carbocycles. The molecule has 0 bridgehead atoms. The van der Waals surface area contributed by atoms with Crippen LogP contribution < -0.4 is 10.9 Å². The summed E-state index contributed by atoms with van der Waals surface area (Å²) in [5.41, 5.74) is 1.82. The maximum atomic E-state index is 11.9. The van der Waals surface area contributed by atoms with E-state index in [2.05, 4.69) is 48.6 Å². The van der Waals surface area contributed by atoms with Gasteiger partial charge in [-0.2, -0.15) is 0 Å². The maximum absolute atomic E-state index is 11.9. The molecule has 100 valence electrons. The maximum Gasteiger partial charge on any atom is 0.253 e. The molecule has 0 atom stereocenters. The number of aromatic nitrogens is 1. The zero-order valence-corrected chi connectivity index (χ0v) is 13.1. The van der Waals surface area contributed by atoms with Crippen LogP contribution in [-0.2, 0) is 6.54 Å². The predicted octanol–water partition coefficient (Wildman–Crippen LogP) is 2.86. The Labute approximate surface area is 117 Å². The number of pyridine rings is 1. The first-order chi connectivity index (χ1) is 8.19. The zero-order valence-electron chi connectivity index (χ0n) is 11.5. The van der Waals surface area contributed by atoms with Gasteiger partial charge in [0.05, 0.1) is 0 Å². The summed E-state index contributed by atoms with van der Waals surface area (Å²) in [6.45, 7) is 13.4. The molecule has 0 fully saturated rings. The van der Waals surface area contributed by atoms with Gasteiger partial charge >= 0.3 is 0 Å². The standard InChI is InChI=1S/C14H21BrN2O/c1-10(7-16-14(3,4)5)8-17-9-12(15)6-11(2)13(17)18/h6,9,16H,1,7-8H2,2-5H3. The summed E-state index contributed by atoms with van der Waals surface area (Å²) in [5.74, 6) is 0. The molecule has 18 heavy (non-hydrogen) atoms. The molecule has 1 aromatic rings. The Morgan fingerprint density at radius 1 is 1.50 bits per heavy atom. The highest BCUT2D eigenvalue weighted by Crippen LogP contribution is 2.09. The Balaban J connectivity index is 2.74. The van der Waals surface area contributed by atoms with E-state index in [-0.39, 0.29) is 11.1 Å². The van der Waals surface area contributed by atoms with E-state index in [4.69, 9.17) is 0 Å². The summed E-state index contributed by atoms with van der Waals surface area (Å²) >= 11 is 3.40. The zero-order chi connectivity index (χ0) is 13.9. The summed E-state index contributed by atoms with van der Waals surface area (Å²) in [6.07, 6.45) is 1.80. The molecule has 4 heteroatoms. The number of hydrogen-bond acceptors (Lipinski definition) is 2. The van der Waals surface area contributed by atoms with Crippen molar-refractivity contribution in [1.29, 1.82) is 0 Å². The van der Waals surface area contributed by atoms with Crippen LogP contribution in [0.4, 0.5) is 0 Å². The molecule has 0 saturated carbocycles. The van der Waals surface area contributed by atoms with Crippen molar-refractivity contribution in [2.75, 3.05) is 6.54 Å². The largest absolute Gasteiger partial charge is 0.310 e. The van der Waals surface area contributed by atoms with E-state index in [0.717, 1.165) is 15.6 Å². The van der Waals surface area contributed by atoms with E-state index < -0.39 is 0 Å². The molecule has 0 aliphatic heterocycles. The van der Waals surface area contributed by atoms with Crippen LogP contribution >= 0.6 is 15.9 Å². The van der Waals surface area contributed by atoms with Gasteiger partial charge in [0.1, 0.15) is 0 Å². The van der Waals surface area contributed by atoms with Crippen molar-refractivity contribution in [2.24, 2.45) is 0 Å². The van der Waals surface area contributed by atoms with Gasteiger partial charge in [-0.1, -0.05) is 6.58 Å². The third-order valence-corrected chi connectivity index (χ3v) is 2.93. The molecule has 1 aromatic heterocycles. The predicted molar refractivity (Wildman–Crippen MR) is 80.0 cm³/mol. The van der Waals surface area contributed by atoms with E-state index in [0.29, 0.717) is 13.1 Å². The Kier molecular flexibility index (Phi) is 4.93. The topological polar surface area (TPSA) is 34.0 Å². The van der Waals surface area contributed by atoms with Gasteiger partial charge in [0.25, 0.3) is 5.56 Å². The average molecular weight is 313 g/mol. The Morgan fingerprint density at radius 2 is 2.11 bits per heavy atom. The quantitative estimate of drug-likeness (QED) is 0.867. The Hall–Kier alpha value is -0.870. The third-order valence-electron chi connectivity index (χ3n) is 2.49. The summed E-state index contributed by atoms with van der Waals surface area (Å²) in [7, 11) is 0. The van der Waals surface area contributed by atoms with Gasteiger partial charge in [0.2, 0.25) is 0 Å². The smallest absolute Gasteiger partial charge is 0.253 e. The van der Waals surface area contributed by atoms with E-state index in [1.165, 1.54) is 0 Å². The van der Waals surface area contributed by atoms with Crippen molar-refractivity contribution in [3.63, 3.8) is 0 Å². The number of rotatable bonds is 4. The first kappa shape index (κ1) is 15.2. The highest BCUT2D eigenvalue weighted by molar-refractivity contribution is 9.10. The molecule has 0 aliphatic rings. The van der Waals surface area contributed by atoms with Crippen LogP contribution in [-0.4, -0.2) is 16.7 Å². The lowest BCUT2D eigenvalue weighted by atomic mass is 10.1. The van der Waals surface area contributed by atoms with Crippen LogP contribution in [0.3, 0.4) is 0 Å². The van der Waals surface area contributed by atoms with Gasteiger partial charge in [0, 0.05) is 34.9 Å². The molecular weight excluding hydrogens is 292 g/mol. The molecule has 0 radical (unpaired) electrons. The van der Waals surface area contributed by atoms with Gasteiger partial charge in [-0.3, -0.25) is 4.79 Å². The monoisotopic (exact) mass is 312 g/mol. The van der Waals surface area contributed by atoms with Gasteiger partial charge in [-0.05, 0) is 55.3 Å². The minimum Gasteiger partial charge on any atom is -0.310 e. The third kappa shape index (κ3) is 4.78. The van der Waals surface area contributed by atoms with Gasteiger partial charge in [-0.25, -0.2) is 0 Å². The van der Waals surface area contributed by atoms with Crippen LogP contribution in [0.25, 0.3) is 0 Å². The van der Waals surface area contributed by atoms with Gasteiger partial charge in [0.15, 0.2) is 0 Å². The number of nitrogens with one attached hydrogen (secondary N) is 1.